The highest BCUT2D eigenvalue weighted by Gasteiger charge is 2.10. The van der Waals surface area contributed by atoms with Gasteiger partial charge in [-0.25, -0.2) is 24.3 Å². The lowest BCUT2D eigenvalue weighted by molar-refractivity contribution is 0.619. The van der Waals surface area contributed by atoms with E-state index in [1.54, 1.807) is 49.9 Å². The molecular weight excluding hydrogens is 293 g/mol. The molecule has 0 saturated heterocycles. The summed E-state index contributed by atoms with van der Waals surface area (Å²) in [4.78, 5) is 17.0. The van der Waals surface area contributed by atoms with Crippen molar-refractivity contribution in [2.45, 2.75) is 19.9 Å². The number of nitrogens with one attached hydrogen (secondary N) is 1. The van der Waals surface area contributed by atoms with Gasteiger partial charge in [-0.15, -0.1) is 0 Å². The zero-order valence-corrected chi connectivity index (χ0v) is 12.9. The van der Waals surface area contributed by atoms with Gasteiger partial charge in [0.1, 0.15) is 11.6 Å². The van der Waals surface area contributed by atoms with Crippen LogP contribution in [0, 0.1) is 12.7 Å². The predicted molar refractivity (Wildman–Crippen MR) is 86.2 cm³/mol. The van der Waals surface area contributed by atoms with Crippen LogP contribution in [0.4, 0.5) is 10.3 Å². The highest BCUT2D eigenvalue weighted by molar-refractivity contribution is 5.62. The van der Waals surface area contributed by atoms with E-state index in [2.05, 4.69) is 25.3 Å². The summed E-state index contributed by atoms with van der Waals surface area (Å²) in [6.07, 6.45) is 6.81. The number of halogens is 1. The van der Waals surface area contributed by atoms with Crippen LogP contribution in [0.2, 0.25) is 0 Å². The Morgan fingerprint density at radius 1 is 1.00 bits per heavy atom. The quantitative estimate of drug-likeness (QED) is 0.798. The molecule has 0 aliphatic carbocycles. The van der Waals surface area contributed by atoms with Crippen LogP contribution in [0.15, 0.2) is 49.1 Å². The number of hydrogen-bond donors (Lipinski definition) is 1. The lowest BCUT2D eigenvalue weighted by Gasteiger charge is -2.12. The molecule has 0 amide bonds. The number of rotatable bonds is 4. The first-order valence-electron chi connectivity index (χ1n) is 7.25. The Morgan fingerprint density at radius 3 is 2.35 bits per heavy atom. The average molecular weight is 309 g/mol. The van der Waals surface area contributed by atoms with E-state index in [1.165, 1.54) is 6.07 Å². The minimum Gasteiger partial charge on any atom is -0.344 e. The molecule has 0 radical (unpaired) electrons. The molecule has 116 valence electrons. The molecule has 3 aromatic rings. The number of hydrogen-bond acceptors (Lipinski definition) is 5. The van der Waals surface area contributed by atoms with Crippen molar-refractivity contribution in [1.82, 2.24) is 19.9 Å². The van der Waals surface area contributed by atoms with E-state index >= 15 is 0 Å². The van der Waals surface area contributed by atoms with Crippen molar-refractivity contribution < 1.29 is 4.39 Å². The zero-order valence-electron chi connectivity index (χ0n) is 12.9. The smallest absolute Gasteiger partial charge is 0.223 e. The number of aryl methyl sites for hydroxylation is 1. The van der Waals surface area contributed by atoms with Gasteiger partial charge in [0.05, 0.1) is 6.04 Å². The largest absolute Gasteiger partial charge is 0.344 e. The van der Waals surface area contributed by atoms with Crippen LogP contribution in [0.3, 0.4) is 0 Å². The molecule has 1 N–H and O–H groups in total. The third-order valence-electron chi connectivity index (χ3n) is 3.46. The lowest BCUT2D eigenvalue weighted by atomic mass is 10.1. The highest BCUT2D eigenvalue weighted by Crippen LogP contribution is 2.21. The fourth-order valence-corrected chi connectivity index (χ4v) is 2.17. The van der Waals surface area contributed by atoms with Crippen LogP contribution in [-0.2, 0) is 0 Å². The van der Waals surface area contributed by atoms with Crippen LogP contribution in [-0.4, -0.2) is 19.9 Å². The Balaban J connectivity index is 1.77. The molecule has 1 aromatic carbocycles. The van der Waals surface area contributed by atoms with Crippen molar-refractivity contribution in [2.24, 2.45) is 0 Å². The Hall–Kier alpha value is -2.89. The second-order valence-electron chi connectivity index (χ2n) is 5.23. The van der Waals surface area contributed by atoms with E-state index in [0.717, 1.165) is 11.1 Å². The molecular formula is C17H16FN5. The van der Waals surface area contributed by atoms with Crippen molar-refractivity contribution in [3.05, 3.63) is 66.3 Å². The third-order valence-corrected chi connectivity index (χ3v) is 3.46. The first-order chi connectivity index (χ1) is 11.1. The fourth-order valence-electron chi connectivity index (χ4n) is 2.17. The Kier molecular flexibility index (Phi) is 4.23. The molecule has 0 unspecified atom stereocenters. The van der Waals surface area contributed by atoms with Crippen molar-refractivity contribution in [1.29, 1.82) is 0 Å². The molecule has 0 aliphatic heterocycles. The topological polar surface area (TPSA) is 63.6 Å². The minimum atomic E-state index is -0.216. The van der Waals surface area contributed by atoms with Crippen LogP contribution in [0.5, 0.6) is 0 Å². The Labute approximate surface area is 133 Å². The van der Waals surface area contributed by atoms with Gasteiger partial charge in [-0.1, -0.05) is 6.07 Å². The third kappa shape index (κ3) is 3.48. The molecule has 1 atom stereocenters. The molecule has 23 heavy (non-hydrogen) atoms. The summed E-state index contributed by atoms with van der Waals surface area (Å²) in [6, 6.07) is 6.59. The fraction of sp³-hybridized carbons (Fsp3) is 0.176. The van der Waals surface area contributed by atoms with Gasteiger partial charge in [-0.05, 0) is 43.2 Å². The maximum absolute atomic E-state index is 13.3. The maximum atomic E-state index is 13.3. The summed E-state index contributed by atoms with van der Waals surface area (Å²) in [7, 11) is 0. The van der Waals surface area contributed by atoms with Gasteiger partial charge in [-0.3, -0.25) is 0 Å². The second kappa shape index (κ2) is 6.48. The monoisotopic (exact) mass is 309 g/mol. The van der Waals surface area contributed by atoms with Crippen molar-refractivity contribution in [2.75, 3.05) is 5.32 Å². The average Bonchev–Trinajstić information content (AvgIpc) is 2.58. The molecule has 2 aromatic heterocycles. The van der Waals surface area contributed by atoms with Gasteiger partial charge in [0.15, 0.2) is 0 Å². The van der Waals surface area contributed by atoms with Gasteiger partial charge in [0.2, 0.25) is 5.95 Å². The van der Waals surface area contributed by atoms with Crippen molar-refractivity contribution in [3.63, 3.8) is 0 Å². The maximum Gasteiger partial charge on any atom is 0.223 e. The molecule has 0 bridgehead atoms. The van der Waals surface area contributed by atoms with Crippen LogP contribution >= 0.6 is 0 Å². The number of nitrogens with zero attached hydrogens (tertiary/aromatic N) is 4. The highest BCUT2D eigenvalue weighted by atomic mass is 19.1. The molecule has 5 nitrogen and oxygen atoms in total. The summed E-state index contributed by atoms with van der Waals surface area (Å²) < 4.78 is 13.3. The van der Waals surface area contributed by atoms with Gasteiger partial charge < -0.3 is 5.32 Å². The molecule has 0 fully saturated rings. The number of anilines is 1. The van der Waals surface area contributed by atoms with Gasteiger partial charge in [-0.2, -0.15) is 0 Å². The zero-order chi connectivity index (χ0) is 16.2. The van der Waals surface area contributed by atoms with Crippen molar-refractivity contribution >= 4 is 5.95 Å². The summed E-state index contributed by atoms with van der Waals surface area (Å²) in [5.74, 6) is 0.953. The SMILES string of the molecule is Cc1cc(-c2cnc([C@@H](C)Nc3ncccn3)nc2)ccc1F. The Bertz CT molecular complexity index is 790. The van der Waals surface area contributed by atoms with E-state index in [-0.39, 0.29) is 11.9 Å². The van der Waals surface area contributed by atoms with Crippen LogP contribution < -0.4 is 5.32 Å². The van der Waals surface area contributed by atoms with Gasteiger partial charge in [0.25, 0.3) is 0 Å². The van der Waals surface area contributed by atoms with Crippen molar-refractivity contribution in [3.8, 4) is 11.1 Å². The van der Waals surface area contributed by atoms with Crippen LogP contribution in [0.25, 0.3) is 11.1 Å². The predicted octanol–water partition coefficient (Wildman–Crippen LogP) is 3.55. The van der Waals surface area contributed by atoms with Gasteiger partial charge >= 0.3 is 0 Å². The summed E-state index contributed by atoms with van der Waals surface area (Å²) in [6.45, 7) is 3.67. The minimum absolute atomic E-state index is 0.124. The standard InChI is InChI=1S/C17H16FN5/c1-11-8-13(4-5-15(11)18)14-9-21-16(22-10-14)12(2)23-17-19-6-3-7-20-17/h3-10,12H,1-2H3,(H,19,20,23)/t12-/m1/s1. The normalized spacial score (nSPS) is 12.0. The summed E-state index contributed by atoms with van der Waals surface area (Å²) in [5, 5.41) is 3.14. The van der Waals surface area contributed by atoms with Crippen LogP contribution in [0.1, 0.15) is 24.4 Å². The Morgan fingerprint density at radius 2 is 1.70 bits per heavy atom. The number of benzene rings is 1. The summed E-state index contributed by atoms with van der Waals surface area (Å²) in [5.41, 5.74) is 2.34. The molecule has 0 spiro atoms. The van der Waals surface area contributed by atoms with E-state index in [1.807, 2.05) is 6.92 Å². The first-order valence-corrected chi connectivity index (χ1v) is 7.25. The number of aromatic nitrogens is 4. The lowest BCUT2D eigenvalue weighted by Crippen LogP contribution is -2.12. The van der Waals surface area contributed by atoms with E-state index in [0.29, 0.717) is 17.3 Å². The second-order valence-corrected chi connectivity index (χ2v) is 5.23. The molecule has 2 heterocycles. The van der Waals surface area contributed by atoms with E-state index < -0.39 is 0 Å². The van der Waals surface area contributed by atoms with E-state index in [4.69, 9.17) is 0 Å². The van der Waals surface area contributed by atoms with E-state index in [9.17, 15) is 4.39 Å². The van der Waals surface area contributed by atoms with Gasteiger partial charge in [0, 0.05) is 30.4 Å². The summed E-state index contributed by atoms with van der Waals surface area (Å²) >= 11 is 0. The molecule has 6 heteroatoms. The molecule has 0 aliphatic rings. The molecule has 3 rings (SSSR count). The molecule has 0 saturated carbocycles. The first kappa shape index (κ1) is 15.0.